The van der Waals surface area contributed by atoms with E-state index in [4.69, 9.17) is 0 Å². The molecule has 2 aromatic heterocycles. The monoisotopic (exact) mass is 449 g/mol. The van der Waals surface area contributed by atoms with Crippen molar-refractivity contribution in [2.75, 3.05) is 13.1 Å². The fraction of sp³-hybridized carbons (Fsp3) is 0.320. The number of amides is 1. The van der Waals surface area contributed by atoms with Crippen LogP contribution in [0.4, 0.5) is 8.78 Å². The Morgan fingerprint density at radius 3 is 2.52 bits per heavy atom. The maximum Gasteiger partial charge on any atom is 0.256 e. The zero-order valence-corrected chi connectivity index (χ0v) is 18.6. The van der Waals surface area contributed by atoms with Gasteiger partial charge in [0.1, 0.15) is 23.7 Å². The summed E-state index contributed by atoms with van der Waals surface area (Å²) in [6.07, 6.45) is 5.56. The number of pyridine rings is 1. The van der Waals surface area contributed by atoms with Crippen LogP contribution in [0.15, 0.2) is 55.1 Å². The second-order valence-electron chi connectivity index (χ2n) is 7.59. The summed E-state index contributed by atoms with van der Waals surface area (Å²) in [5.41, 5.74) is 0.950. The van der Waals surface area contributed by atoms with Gasteiger partial charge in [-0.25, -0.2) is 18.7 Å². The molecule has 0 saturated carbocycles. The fourth-order valence-corrected chi connectivity index (χ4v) is 3.88. The van der Waals surface area contributed by atoms with Crippen LogP contribution in [0.25, 0.3) is 11.4 Å². The molecule has 33 heavy (non-hydrogen) atoms. The lowest BCUT2D eigenvalue weighted by Gasteiger charge is -2.37. The molecule has 1 saturated heterocycles. The molecule has 0 unspecified atom stereocenters. The summed E-state index contributed by atoms with van der Waals surface area (Å²) >= 11 is 0. The molecule has 4 rings (SSSR count). The SMILES string of the molecule is CC.N#CC1(Cc2ccc(F)cc2F)CCN(C(=O)c2cccnc2-c2ccncn2)CC1. The van der Waals surface area contributed by atoms with Crippen LogP contribution in [0, 0.1) is 28.4 Å². The fourth-order valence-electron chi connectivity index (χ4n) is 3.88. The largest absolute Gasteiger partial charge is 0.338 e. The van der Waals surface area contributed by atoms with Gasteiger partial charge in [0.2, 0.25) is 0 Å². The van der Waals surface area contributed by atoms with Gasteiger partial charge in [0, 0.05) is 31.5 Å². The molecule has 0 atom stereocenters. The van der Waals surface area contributed by atoms with Crippen molar-refractivity contribution in [1.82, 2.24) is 19.9 Å². The summed E-state index contributed by atoms with van der Waals surface area (Å²) in [6, 6.07) is 10.8. The third-order valence-corrected chi connectivity index (χ3v) is 5.65. The van der Waals surface area contributed by atoms with Crippen molar-refractivity contribution in [3.8, 4) is 17.5 Å². The third-order valence-electron chi connectivity index (χ3n) is 5.65. The predicted octanol–water partition coefficient (Wildman–Crippen LogP) is 4.83. The van der Waals surface area contributed by atoms with Crippen LogP contribution in [-0.2, 0) is 6.42 Å². The highest BCUT2D eigenvalue weighted by Gasteiger charge is 2.37. The number of nitrogens with zero attached hydrogens (tertiary/aromatic N) is 5. The molecule has 0 spiro atoms. The Morgan fingerprint density at radius 2 is 1.88 bits per heavy atom. The van der Waals surface area contributed by atoms with Gasteiger partial charge in [0.05, 0.1) is 22.7 Å². The number of carbonyl (C=O) groups is 1. The van der Waals surface area contributed by atoms with Crippen molar-refractivity contribution < 1.29 is 13.6 Å². The molecule has 0 radical (unpaired) electrons. The summed E-state index contributed by atoms with van der Waals surface area (Å²) in [7, 11) is 0. The Balaban J connectivity index is 0.00000149. The first kappa shape index (κ1) is 23.9. The maximum atomic E-state index is 14.1. The molecular weight excluding hydrogens is 424 g/mol. The minimum atomic E-state index is -0.806. The first-order valence-corrected chi connectivity index (χ1v) is 10.9. The molecule has 0 N–H and O–H groups in total. The molecule has 6 nitrogen and oxygen atoms in total. The Bertz CT molecular complexity index is 1140. The molecular formula is C25H25F2N5O. The molecule has 3 heterocycles. The summed E-state index contributed by atoms with van der Waals surface area (Å²) in [5, 5.41) is 9.81. The lowest BCUT2D eigenvalue weighted by molar-refractivity contribution is 0.0646. The number of carbonyl (C=O) groups excluding carboxylic acids is 1. The second-order valence-corrected chi connectivity index (χ2v) is 7.59. The average molecular weight is 450 g/mol. The zero-order valence-electron chi connectivity index (χ0n) is 18.6. The summed E-state index contributed by atoms with van der Waals surface area (Å²) in [5.74, 6) is -1.50. The highest BCUT2D eigenvalue weighted by Crippen LogP contribution is 2.36. The van der Waals surface area contributed by atoms with Crippen molar-refractivity contribution in [2.24, 2.45) is 5.41 Å². The summed E-state index contributed by atoms with van der Waals surface area (Å²) < 4.78 is 27.3. The van der Waals surface area contributed by atoms with Gasteiger partial charge in [0.15, 0.2) is 0 Å². The van der Waals surface area contributed by atoms with Gasteiger partial charge in [-0.05, 0) is 49.1 Å². The highest BCUT2D eigenvalue weighted by molar-refractivity contribution is 5.99. The van der Waals surface area contributed by atoms with E-state index in [0.717, 1.165) is 6.07 Å². The molecule has 0 bridgehead atoms. The minimum absolute atomic E-state index is 0.177. The number of nitriles is 1. The summed E-state index contributed by atoms with van der Waals surface area (Å²) in [6.45, 7) is 4.71. The molecule has 8 heteroatoms. The zero-order chi connectivity index (χ0) is 23.8. The number of hydrogen-bond acceptors (Lipinski definition) is 5. The van der Waals surface area contributed by atoms with E-state index in [1.165, 1.54) is 18.5 Å². The molecule has 1 fully saturated rings. The normalized spacial score (nSPS) is 14.6. The van der Waals surface area contributed by atoms with Crippen molar-refractivity contribution in [2.45, 2.75) is 33.1 Å². The first-order chi connectivity index (χ1) is 16.0. The van der Waals surface area contributed by atoms with Crippen LogP contribution in [0.2, 0.25) is 0 Å². The van der Waals surface area contributed by atoms with Crippen LogP contribution >= 0.6 is 0 Å². The maximum absolute atomic E-state index is 14.1. The smallest absolute Gasteiger partial charge is 0.256 e. The molecule has 1 amide bonds. The van der Waals surface area contributed by atoms with Gasteiger partial charge < -0.3 is 4.90 Å². The lowest BCUT2D eigenvalue weighted by Crippen LogP contribution is -2.43. The Morgan fingerprint density at radius 1 is 1.12 bits per heavy atom. The molecule has 3 aromatic rings. The van der Waals surface area contributed by atoms with Gasteiger partial charge in [-0.1, -0.05) is 19.9 Å². The van der Waals surface area contributed by atoms with Crippen LogP contribution < -0.4 is 0 Å². The van der Waals surface area contributed by atoms with Gasteiger partial charge >= 0.3 is 0 Å². The third kappa shape index (κ3) is 5.37. The molecule has 1 aromatic carbocycles. The van der Waals surface area contributed by atoms with E-state index in [-0.39, 0.29) is 12.3 Å². The quantitative estimate of drug-likeness (QED) is 0.570. The van der Waals surface area contributed by atoms with E-state index in [2.05, 4.69) is 21.0 Å². The van der Waals surface area contributed by atoms with E-state index >= 15 is 0 Å². The van der Waals surface area contributed by atoms with Crippen LogP contribution in [0.3, 0.4) is 0 Å². The second kappa shape index (κ2) is 10.7. The van der Waals surface area contributed by atoms with Crippen molar-refractivity contribution in [3.05, 3.63) is 77.9 Å². The number of likely N-dealkylation sites (tertiary alicyclic amines) is 1. The average Bonchev–Trinajstić information content (AvgIpc) is 2.87. The lowest BCUT2D eigenvalue weighted by atomic mass is 9.75. The van der Waals surface area contributed by atoms with E-state index in [9.17, 15) is 18.8 Å². The van der Waals surface area contributed by atoms with Gasteiger partial charge in [-0.15, -0.1) is 0 Å². The van der Waals surface area contributed by atoms with E-state index in [1.807, 2.05) is 13.8 Å². The topological polar surface area (TPSA) is 82.8 Å². The Kier molecular flexibility index (Phi) is 7.78. The number of rotatable bonds is 4. The molecule has 1 aliphatic heterocycles. The van der Waals surface area contributed by atoms with E-state index < -0.39 is 17.0 Å². The van der Waals surface area contributed by atoms with Crippen molar-refractivity contribution in [1.29, 1.82) is 5.26 Å². The first-order valence-electron chi connectivity index (χ1n) is 10.9. The van der Waals surface area contributed by atoms with E-state index in [0.29, 0.717) is 48.4 Å². The van der Waals surface area contributed by atoms with Crippen molar-refractivity contribution in [3.63, 3.8) is 0 Å². The minimum Gasteiger partial charge on any atom is -0.338 e. The molecule has 0 aliphatic carbocycles. The number of hydrogen-bond donors (Lipinski definition) is 0. The standard InChI is InChI=1S/C23H19F2N5O.C2H6/c24-17-4-3-16(19(25)12-17)13-23(14-26)6-10-30(11-7-23)22(31)18-2-1-8-28-21(18)20-5-9-27-15-29-20;1-2/h1-5,8-9,12,15H,6-7,10-11,13H2;1-2H3. The van der Waals surface area contributed by atoms with Gasteiger partial charge in [-0.3, -0.25) is 9.78 Å². The number of aromatic nitrogens is 3. The molecule has 1 aliphatic rings. The van der Waals surface area contributed by atoms with Gasteiger partial charge in [0.25, 0.3) is 5.91 Å². The number of piperidine rings is 1. The number of halogens is 2. The van der Waals surface area contributed by atoms with Gasteiger partial charge in [-0.2, -0.15) is 5.26 Å². The van der Waals surface area contributed by atoms with Crippen LogP contribution in [-0.4, -0.2) is 38.8 Å². The van der Waals surface area contributed by atoms with Crippen molar-refractivity contribution >= 4 is 5.91 Å². The highest BCUT2D eigenvalue weighted by atomic mass is 19.1. The number of benzene rings is 1. The van der Waals surface area contributed by atoms with E-state index in [1.54, 1.807) is 35.5 Å². The Labute approximate surface area is 191 Å². The molecule has 170 valence electrons. The Hall–Kier alpha value is -3.73. The van der Waals surface area contributed by atoms with Crippen LogP contribution in [0.1, 0.15) is 42.6 Å². The van der Waals surface area contributed by atoms with Crippen LogP contribution in [0.5, 0.6) is 0 Å². The predicted molar refractivity (Wildman–Crippen MR) is 120 cm³/mol. The summed E-state index contributed by atoms with van der Waals surface area (Å²) in [4.78, 5) is 27.3.